The van der Waals surface area contributed by atoms with Gasteiger partial charge in [0.05, 0.1) is 21.0 Å². The summed E-state index contributed by atoms with van der Waals surface area (Å²) in [6, 6.07) is 0. The molecule has 1 atom stereocenters. The SMILES string of the molecule is C.C.[2H]C(ON(C)CCCCN(CCN(CCN(CC)CC(=O)O)CC(=O)O)CC(=O)O)C(C)=O. The second-order valence-corrected chi connectivity index (χ2v) is 7.49. The summed E-state index contributed by atoms with van der Waals surface area (Å²) < 4.78 is 7.47. The highest BCUT2D eigenvalue weighted by molar-refractivity contribution is 5.76. The normalized spacial score (nSPS) is 12.3. The van der Waals surface area contributed by atoms with Crippen molar-refractivity contribution in [3.05, 3.63) is 0 Å². The van der Waals surface area contributed by atoms with Crippen molar-refractivity contribution in [1.29, 1.82) is 0 Å². The van der Waals surface area contributed by atoms with Crippen molar-refractivity contribution in [3.63, 3.8) is 0 Å². The lowest BCUT2D eigenvalue weighted by atomic mass is 10.2. The third-order valence-electron chi connectivity index (χ3n) is 4.58. The molecule has 0 aromatic rings. The number of nitrogens with zero attached hydrogens (tertiary/aromatic N) is 4. The van der Waals surface area contributed by atoms with Crippen LogP contribution in [-0.2, 0) is 24.0 Å². The molecule has 3 N–H and O–H groups in total. The van der Waals surface area contributed by atoms with Crippen LogP contribution < -0.4 is 0 Å². The van der Waals surface area contributed by atoms with E-state index < -0.39 is 30.3 Å². The van der Waals surface area contributed by atoms with Crippen LogP contribution >= 0.6 is 0 Å². The molecule has 0 fully saturated rings. The summed E-state index contributed by atoms with van der Waals surface area (Å²) in [5, 5.41) is 28.7. The predicted octanol–water partition coefficient (Wildman–Crippen LogP) is 0.671. The molecule has 0 heterocycles. The maximum atomic E-state index is 11.2. The van der Waals surface area contributed by atoms with E-state index >= 15 is 0 Å². The number of hydrogen-bond donors (Lipinski definition) is 3. The monoisotopic (exact) mass is 495 g/mol. The van der Waals surface area contributed by atoms with Crippen LogP contribution in [0.4, 0.5) is 0 Å². The van der Waals surface area contributed by atoms with Crippen LogP contribution in [0.3, 0.4) is 0 Å². The molecule has 0 aliphatic rings. The summed E-state index contributed by atoms with van der Waals surface area (Å²) in [6.07, 6.45) is 1.29. The molecule has 0 rings (SSSR count). The molecule has 0 amide bonds. The van der Waals surface area contributed by atoms with Crippen LogP contribution in [0.5, 0.6) is 0 Å². The van der Waals surface area contributed by atoms with E-state index in [2.05, 4.69) is 0 Å². The van der Waals surface area contributed by atoms with E-state index in [1.54, 1.807) is 21.7 Å². The van der Waals surface area contributed by atoms with Crippen LogP contribution in [0.25, 0.3) is 0 Å². The van der Waals surface area contributed by atoms with Gasteiger partial charge in [0, 0.05) is 39.8 Å². The average molecular weight is 496 g/mol. The van der Waals surface area contributed by atoms with Crippen LogP contribution in [0.1, 0.15) is 42.9 Å². The molecule has 1 unspecified atom stereocenters. The van der Waals surface area contributed by atoms with Gasteiger partial charge in [0.1, 0.15) is 6.58 Å². The molecular formula is C22H46N4O8. The Morgan fingerprint density at radius 1 is 0.735 bits per heavy atom. The number of Topliss-reactive ketones (excluding diaryl/α,β-unsaturated/α-hetero) is 1. The van der Waals surface area contributed by atoms with E-state index in [4.69, 9.17) is 11.3 Å². The summed E-state index contributed by atoms with van der Waals surface area (Å²) in [6.45, 7) is 4.15. The smallest absolute Gasteiger partial charge is 0.317 e. The number of carboxylic acid groups (broad SMARTS) is 3. The first-order chi connectivity index (χ1) is 15.4. The number of hydroxylamine groups is 2. The van der Waals surface area contributed by atoms with Crippen LogP contribution in [-0.4, -0.2) is 138 Å². The van der Waals surface area contributed by atoms with Crippen molar-refractivity contribution in [2.24, 2.45) is 0 Å². The van der Waals surface area contributed by atoms with E-state index in [9.17, 15) is 29.4 Å². The molecule has 202 valence electrons. The van der Waals surface area contributed by atoms with Crippen molar-refractivity contribution >= 4 is 23.7 Å². The molecular weight excluding hydrogens is 448 g/mol. The number of rotatable bonds is 21. The molecule has 0 saturated carbocycles. The third kappa shape index (κ3) is 21.7. The lowest BCUT2D eigenvalue weighted by Crippen LogP contribution is -2.44. The molecule has 0 aliphatic carbocycles. The third-order valence-corrected chi connectivity index (χ3v) is 4.58. The van der Waals surface area contributed by atoms with Gasteiger partial charge >= 0.3 is 17.9 Å². The zero-order chi connectivity index (χ0) is 25.4. The van der Waals surface area contributed by atoms with Gasteiger partial charge in [-0.2, -0.15) is 5.06 Å². The fourth-order valence-corrected chi connectivity index (χ4v) is 2.92. The van der Waals surface area contributed by atoms with Gasteiger partial charge in [-0.15, -0.1) is 0 Å². The standard InChI is InChI=1S/C20H38N4O8.2CH4/c1-4-22(13-18(26)27)9-10-24(15-20(30)31)12-11-23(14-19(28)29)8-6-5-7-21(3)32-16-17(2)25;;/h4-16H2,1-3H3,(H,26,27)(H,28,29)(H,30,31);2*1H4/i16D;;. The van der Waals surface area contributed by atoms with E-state index in [-0.39, 0.29) is 34.5 Å². The van der Waals surface area contributed by atoms with Gasteiger partial charge in [-0.05, 0) is 32.9 Å². The van der Waals surface area contributed by atoms with Crippen molar-refractivity contribution in [1.82, 2.24) is 19.8 Å². The second kappa shape index (κ2) is 21.4. The molecule has 0 aromatic heterocycles. The minimum Gasteiger partial charge on any atom is -0.480 e. The molecule has 12 nitrogen and oxygen atoms in total. The first-order valence-electron chi connectivity index (χ1n) is 11.1. The number of carboxylic acids is 3. The maximum Gasteiger partial charge on any atom is 0.317 e. The van der Waals surface area contributed by atoms with E-state index in [0.717, 1.165) is 0 Å². The number of unbranched alkanes of at least 4 members (excludes halogenated alkanes) is 1. The fourth-order valence-electron chi connectivity index (χ4n) is 2.92. The number of likely N-dealkylation sites (N-methyl/N-ethyl adjacent to an activating group) is 1. The summed E-state index contributed by atoms with van der Waals surface area (Å²) in [7, 11) is 1.62. The van der Waals surface area contributed by atoms with Crippen molar-refractivity contribution in [2.75, 3.05) is 79.1 Å². The molecule has 0 aromatic carbocycles. The Morgan fingerprint density at radius 3 is 1.53 bits per heavy atom. The Bertz CT molecular complexity index is 626. The highest BCUT2D eigenvalue weighted by atomic mass is 16.7. The Balaban J connectivity index is -0.00000512. The number of aliphatic carboxylic acids is 3. The molecule has 0 spiro atoms. The van der Waals surface area contributed by atoms with Crippen molar-refractivity contribution in [2.45, 2.75) is 41.5 Å². The maximum absolute atomic E-state index is 11.2. The van der Waals surface area contributed by atoms with Gasteiger partial charge in [0.15, 0.2) is 5.78 Å². The van der Waals surface area contributed by atoms with E-state index in [0.29, 0.717) is 58.7 Å². The lowest BCUT2D eigenvalue weighted by Gasteiger charge is -2.28. The Labute approximate surface area is 205 Å². The van der Waals surface area contributed by atoms with Gasteiger partial charge in [0.25, 0.3) is 0 Å². The molecule has 0 radical (unpaired) electrons. The Kier molecular flexibility index (Phi) is 21.4. The molecule has 34 heavy (non-hydrogen) atoms. The first-order valence-corrected chi connectivity index (χ1v) is 10.6. The lowest BCUT2D eigenvalue weighted by molar-refractivity contribution is -0.156. The van der Waals surface area contributed by atoms with Crippen molar-refractivity contribution in [3.8, 4) is 0 Å². The second-order valence-electron chi connectivity index (χ2n) is 7.49. The first kappa shape index (κ1) is 34.0. The van der Waals surface area contributed by atoms with Gasteiger partial charge in [-0.25, -0.2) is 0 Å². The van der Waals surface area contributed by atoms with Gasteiger partial charge in [-0.3, -0.25) is 38.7 Å². The van der Waals surface area contributed by atoms with Crippen molar-refractivity contribution < 1.29 is 40.7 Å². The quantitative estimate of drug-likeness (QED) is 0.152. The summed E-state index contributed by atoms with van der Waals surface area (Å²) in [5.41, 5.74) is 0. The molecule has 12 heteroatoms. The molecule has 0 bridgehead atoms. The zero-order valence-corrected chi connectivity index (χ0v) is 19.2. The van der Waals surface area contributed by atoms with Crippen LogP contribution in [0.2, 0.25) is 0 Å². The fraction of sp³-hybridized carbons (Fsp3) is 0.818. The Hall–Kier alpha value is -2.12. The molecule has 0 aliphatic heterocycles. The number of carbonyl (C=O) groups is 4. The highest BCUT2D eigenvalue weighted by Crippen LogP contribution is 2.01. The zero-order valence-electron chi connectivity index (χ0n) is 20.2. The summed E-state index contributed by atoms with van der Waals surface area (Å²) in [4.78, 5) is 54.6. The van der Waals surface area contributed by atoms with E-state index in [1.807, 2.05) is 6.92 Å². The summed E-state index contributed by atoms with van der Waals surface area (Å²) >= 11 is 0. The average Bonchev–Trinajstić information content (AvgIpc) is 2.70. The van der Waals surface area contributed by atoms with Gasteiger partial charge < -0.3 is 15.3 Å². The predicted molar refractivity (Wildman–Crippen MR) is 130 cm³/mol. The van der Waals surface area contributed by atoms with Crippen LogP contribution in [0.15, 0.2) is 0 Å². The largest absolute Gasteiger partial charge is 0.480 e. The highest BCUT2D eigenvalue weighted by Gasteiger charge is 2.16. The van der Waals surface area contributed by atoms with Crippen LogP contribution in [0, 0.1) is 0 Å². The van der Waals surface area contributed by atoms with Gasteiger partial charge in [-0.1, -0.05) is 21.8 Å². The number of ketones is 1. The minimum absolute atomic E-state index is 0. The topological polar surface area (TPSA) is 151 Å². The minimum atomic E-state index is -1.27. The van der Waals surface area contributed by atoms with Gasteiger partial charge in [0.2, 0.25) is 0 Å². The number of hydrogen-bond acceptors (Lipinski definition) is 9. The Morgan fingerprint density at radius 2 is 1.12 bits per heavy atom. The van der Waals surface area contributed by atoms with E-state index in [1.165, 1.54) is 12.0 Å². The molecule has 0 saturated heterocycles. The summed E-state index contributed by atoms with van der Waals surface area (Å²) in [5.74, 6) is -3.35. The number of carbonyl (C=O) groups excluding carboxylic acids is 1.